The molecule has 2 N–H and O–H groups in total. The molecular formula is C19H19N5O2. The van der Waals surface area contributed by atoms with Crippen molar-refractivity contribution in [2.24, 2.45) is 5.92 Å². The van der Waals surface area contributed by atoms with Crippen molar-refractivity contribution >= 4 is 27.9 Å². The highest BCUT2D eigenvalue weighted by Crippen LogP contribution is 2.35. The summed E-state index contributed by atoms with van der Waals surface area (Å²) in [4.78, 5) is 18.3. The Morgan fingerprint density at radius 1 is 1.15 bits per heavy atom. The lowest BCUT2D eigenvalue weighted by molar-refractivity contribution is 0.0856. The third kappa shape index (κ3) is 2.43. The molecule has 1 aliphatic rings. The van der Waals surface area contributed by atoms with Crippen molar-refractivity contribution in [1.29, 1.82) is 0 Å². The van der Waals surface area contributed by atoms with Gasteiger partial charge in [0, 0.05) is 30.9 Å². The number of aromatic amines is 1. The van der Waals surface area contributed by atoms with Gasteiger partial charge < -0.3 is 19.4 Å². The molecule has 0 saturated carbocycles. The number of benzene rings is 1. The smallest absolute Gasteiger partial charge is 0.196 e. The molecule has 0 aliphatic carbocycles. The van der Waals surface area contributed by atoms with Gasteiger partial charge in [-0.1, -0.05) is 12.1 Å². The van der Waals surface area contributed by atoms with Gasteiger partial charge in [-0.3, -0.25) is 0 Å². The van der Waals surface area contributed by atoms with Crippen molar-refractivity contribution in [1.82, 2.24) is 19.9 Å². The van der Waals surface area contributed by atoms with E-state index in [-0.39, 0.29) is 5.92 Å². The Morgan fingerprint density at radius 2 is 2.00 bits per heavy atom. The maximum Gasteiger partial charge on any atom is 0.196 e. The first-order valence-corrected chi connectivity index (χ1v) is 8.86. The minimum Gasteiger partial charge on any atom is -0.450 e. The molecule has 0 amide bonds. The quantitative estimate of drug-likeness (QED) is 0.591. The summed E-state index contributed by atoms with van der Waals surface area (Å²) in [6, 6.07) is 7.91. The molecular weight excluding hydrogens is 330 g/mol. The summed E-state index contributed by atoms with van der Waals surface area (Å²) in [7, 11) is 0. The third-order valence-electron chi connectivity index (χ3n) is 5.22. The number of furan rings is 1. The van der Waals surface area contributed by atoms with Gasteiger partial charge >= 0.3 is 0 Å². The number of anilines is 1. The van der Waals surface area contributed by atoms with Crippen molar-refractivity contribution in [3.05, 3.63) is 48.8 Å². The number of hydrogen-bond donors (Lipinski definition) is 2. The Kier molecular flexibility index (Phi) is 3.60. The SMILES string of the molecule is OC(c1ncc[nH]1)C1CCN(c2ncnc3c2oc2ccccc23)CC1. The molecule has 1 unspecified atom stereocenters. The van der Waals surface area contributed by atoms with Crippen LogP contribution in [-0.2, 0) is 0 Å². The molecule has 0 bridgehead atoms. The average molecular weight is 349 g/mol. The van der Waals surface area contributed by atoms with E-state index in [0.717, 1.165) is 53.8 Å². The Labute approximate surface area is 149 Å². The van der Waals surface area contributed by atoms with Crippen molar-refractivity contribution in [3.8, 4) is 0 Å². The molecule has 1 aromatic carbocycles. The number of nitrogens with zero attached hydrogens (tertiary/aromatic N) is 4. The van der Waals surface area contributed by atoms with Crippen LogP contribution in [0.15, 0.2) is 47.4 Å². The molecule has 1 aliphatic heterocycles. The first kappa shape index (κ1) is 15.3. The number of rotatable bonds is 3. The van der Waals surface area contributed by atoms with E-state index in [9.17, 15) is 5.11 Å². The predicted octanol–water partition coefficient (Wildman–Crippen LogP) is 3.05. The van der Waals surface area contributed by atoms with Gasteiger partial charge in [0.15, 0.2) is 11.4 Å². The van der Waals surface area contributed by atoms with Gasteiger partial charge in [0.1, 0.15) is 29.4 Å². The molecule has 132 valence electrons. The highest BCUT2D eigenvalue weighted by atomic mass is 16.3. The van der Waals surface area contributed by atoms with Gasteiger partial charge in [0.2, 0.25) is 0 Å². The van der Waals surface area contributed by atoms with E-state index in [1.807, 2.05) is 24.3 Å². The molecule has 1 atom stereocenters. The van der Waals surface area contributed by atoms with Crippen LogP contribution in [0.2, 0.25) is 0 Å². The van der Waals surface area contributed by atoms with Crippen LogP contribution in [0.3, 0.4) is 0 Å². The van der Waals surface area contributed by atoms with Gasteiger partial charge in [-0.2, -0.15) is 0 Å². The molecule has 7 heteroatoms. The van der Waals surface area contributed by atoms with Crippen LogP contribution in [0.4, 0.5) is 5.82 Å². The van der Waals surface area contributed by atoms with Gasteiger partial charge in [-0.15, -0.1) is 0 Å². The summed E-state index contributed by atoms with van der Waals surface area (Å²) >= 11 is 0. The minimum absolute atomic E-state index is 0.186. The molecule has 1 fully saturated rings. The predicted molar refractivity (Wildman–Crippen MR) is 97.8 cm³/mol. The van der Waals surface area contributed by atoms with E-state index in [4.69, 9.17) is 4.42 Å². The van der Waals surface area contributed by atoms with E-state index >= 15 is 0 Å². The fraction of sp³-hybridized carbons (Fsp3) is 0.316. The highest BCUT2D eigenvalue weighted by Gasteiger charge is 2.29. The molecule has 5 rings (SSSR count). The Balaban J connectivity index is 1.41. The van der Waals surface area contributed by atoms with Crippen molar-refractivity contribution in [2.75, 3.05) is 18.0 Å². The molecule has 26 heavy (non-hydrogen) atoms. The largest absolute Gasteiger partial charge is 0.450 e. The molecule has 7 nitrogen and oxygen atoms in total. The van der Waals surface area contributed by atoms with E-state index in [1.165, 1.54) is 0 Å². The summed E-state index contributed by atoms with van der Waals surface area (Å²) in [5.74, 6) is 1.66. The highest BCUT2D eigenvalue weighted by molar-refractivity contribution is 6.05. The van der Waals surface area contributed by atoms with Crippen molar-refractivity contribution in [3.63, 3.8) is 0 Å². The Hall–Kier alpha value is -2.93. The number of nitrogens with one attached hydrogen (secondary N) is 1. The third-order valence-corrected chi connectivity index (χ3v) is 5.22. The molecule has 1 saturated heterocycles. The second-order valence-electron chi connectivity index (χ2n) is 6.72. The van der Waals surface area contributed by atoms with Crippen LogP contribution < -0.4 is 4.90 Å². The molecule has 4 aromatic rings. The maximum absolute atomic E-state index is 10.5. The standard InChI is InChI=1S/C19H19N5O2/c25-16(18-20-7-8-21-18)12-5-9-24(10-6-12)19-17-15(22-11-23-19)13-3-1-2-4-14(13)26-17/h1-4,7-8,11-12,16,25H,5-6,9-10H2,(H,20,21). The summed E-state index contributed by atoms with van der Waals surface area (Å²) in [6.07, 6.45) is 6.20. The van der Waals surface area contributed by atoms with Crippen LogP contribution in [0.1, 0.15) is 24.8 Å². The Bertz CT molecular complexity index is 1030. The fourth-order valence-electron chi connectivity index (χ4n) is 3.83. The summed E-state index contributed by atoms with van der Waals surface area (Å²) in [5, 5.41) is 11.5. The first-order valence-electron chi connectivity index (χ1n) is 8.86. The maximum atomic E-state index is 10.5. The zero-order valence-corrected chi connectivity index (χ0v) is 14.2. The average Bonchev–Trinajstić information content (AvgIpc) is 3.35. The number of H-pyrrole nitrogens is 1. The van der Waals surface area contributed by atoms with Gasteiger partial charge in [-0.05, 0) is 30.9 Å². The fourth-order valence-corrected chi connectivity index (χ4v) is 3.83. The van der Waals surface area contributed by atoms with Crippen LogP contribution in [-0.4, -0.2) is 38.1 Å². The lowest BCUT2D eigenvalue weighted by atomic mass is 9.91. The van der Waals surface area contributed by atoms with Crippen LogP contribution in [0.5, 0.6) is 0 Å². The Morgan fingerprint density at radius 3 is 2.81 bits per heavy atom. The summed E-state index contributed by atoms with van der Waals surface area (Å²) in [6.45, 7) is 1.62. The molecule has 0 radical (unpaired) electrons. The lowest BCUT2D eigenvalue weighted by Crippen LogP contribution is -2.36. The molecule has 0 spiro atoms. The number of imidazole rings is 1. The normalized spacial score (nSPS) is 17.2. The van der Waals surface area contributed by atoms with Gasteiger partial charge in [0.25, 0.3) is 0 Å². The molecule has 3 aromatic heterocycles. The summed E-state index contributed by atoms with van der Waals surface area (Å²) < 4.78 is 6.04. The first-order chi connectivity index (χ1) is 12.8. The second-order valence-corrected chi connectivity index (χ2v) is 6.72. The van der Waals surface area contributed by atoms with Crippen molar-refractivity contribution < 1.29 is 9.52 Å². The molecule has 4 heterocycles. The number of fused-ring (bicyclic) bond motifs is 3. The number of aliphatic hydroxyl groups excluding tert-OH is 1. The zero-order chi connectivity index (χ0) is 17.5. The van der Waals surface area contributed by atoms with E-state index < -0.39 is 6.10 Å². The van der Waals surface area contributed by atoms with E-state index in [0.29, 0.717) is 5.82 Å². The minimum atomic E-state index is -0.552. The number of para-hydroxylation sites is 1. The van der Waals surface area contributed by atoms with Gasteiger partial charge in [0.05, 0.1) is 0 Å². The number of aromatic nitrogens is 4. The van der Waals surface area contributed by atoms with Crippen molar-refractivity contribution in [2.45, 2.75) is 18.9 Å². The van der Waals surface area contributed by atoms with Crippen LogP contribution in [0.25, 0.3) is 22.1 Å². The zero-order valence-electron chi connectivity index (χ0n) is 14.2. The number of aliphatic hydroxyl groups is 1. The van der Waals surface area contributed by atoms with E-state index in [1.54, 1.807) is 18.7 Å². The van der Waals surface area contributed by atoms with Crippen LogP contribution >= 0.6 is 0 Å². The second kappa shape index (κ2) is 6.10. The summed E-state index contributed by atoms with van der Waals surface area (Å²) in [5.41, 5.74) is 2.41. The number of hydrogen-bond acceptors (Lipinski definition) is 6. The van der Waals surface area contributed by atoms with Gasteiger partial charge in [-0.25, -0.2) is 15.0 Å². The number of piperidine rings is 1. The lowest BCUT2D eigenvalue weighted by Gasteiger charge is -2.34. The van der Waals surface area contributed by atoms with E-state index in [2.05, 4.69) is 24.8 Å². The monoisotopic (exact) mass is 349 g/mol. The topological polar surface area (TPSA) is 91.1 Å². The van der Waals surface area contributed by atoms with Crippen LogP contribution in [0, 0.1) is 5.92 Å².